The highest BCUT2D eigenvalue weighted by Gasteiger charge is 2.12. The molecule has 0 radical (unpaired) electrons. The van der Waals surface area contributed by atoms with Gasteiger partial charge in [0.05, 0.1) is 12.1 Å². The topological polar surface area (TPSA) is 38.0 Å². The van der Waals surface area contributed by atoms with Crippen LogP contribution in [0, 0.1) is 0 Å². The Morgan fingerprint density at radius 3 is 2.75 bits per heavy atom. The van der Waals surface area contributed by atoms with E-state index >= 15 is 0 Å². The number of aromatic nitrogens is 2. The molecule has 12 heavy (non-hydrogen) atoms. The molecule has 0 spiro atoms. The molecule has 1 aromatic rings. The van der Waals surface area contributed by atoms with Crippen molar-refractivity contribution in [3.8, 4) is 0 Å². The van der Waals surface area contributed by atoms with E-state index in [4.69, 9.17) is 0 Å². The monoisotopic (exact) mass is 168 g/mol. The van der Waals surface area contributed by atoms with Gasteiger partial charge in [-0.25, -0.2) is 4.98 Å². The number of hydrogen-bond acceptors (Lipinski definition) is 2. The average Bonchev–Trinajstić information content (AvgIpc) is 2.49. The van der Waals surface area contributed by atoms with Gasteiger partial charge in [0, 0.05) is 18.8 Å². The van der Waals surface area contributed by atoms with Gasteiger partial charge in [-0.1, -0.05) is 6.92 Å². The van der Waals surface area contributed by atoms with Crippen molar-refractivity contribution < 1.29 is 5.11 Å². The van der Waals surface area contributed by atoms with E-state index in [0.717, 1.165) is 12.2 Å². The zero-order valence-electron chi connectivity index (χ0n) is 7.86. The van der Waals surface area contributed by atoms with E-state index in [-0.39, 0.29) is 12.1 Å². The molecule has 3 heteroatoms. The first-order chi connectivity index (χ1) is 5.66. The first-order valence-electron chi connectivity index (χ1n) is 4.36. The molecular weight excluding hydrogens is 152 g/mol. The van der Waals surface area contributed by atoms with E-state index in [1.54, 1.807) is 13.1 Å². The van der Waals surface area contributed by atoms with Crippen molar-refractivity contribution in [2.45, 2.75) is 39.3 Å². The fourth-order valence-corrected chi connectivity index (χ4v) is 1.22. The molecule has 0 amide bonds. The Bertz CT molecular complexity index is 242. The van der Waals surface area contributed by atoms with Crippen molar-refractivity contribution >= 4 is 0 Å². The summed E-state index contributed by atoms with van der Waals surface area (Å²) in [6.07, 6.45) is 4.27. The summed E-state index contributed by atoms with van der Waals surface area (Å²) < 4.78 is 2.02. The van der Waals surface area contributed by atoms with Gasteiger partial charge in [0.25, 0.3) is 0 Å². The van der Waals surface area contributed by atoms with E-state index in [2.05, 4.69) is 11.9 Å². The molecule has 0 bridgehead atoms. The molecule has 2 atom stereocenters. The molecule has 1 aromatic heterocycles. The van der Waals surface area contributed by atoms with Gasteiger partial charge in [0.15, 0.2) is 0 Å². The number of aryl methyl sites for hydroxylation is 1. The molecule has 0 aliphatic heterocycles. The van der Waals surface area contributed by atoms with Crippen molar-refractivity contribution in [1.29, 1.82) is 0 Å². The molecule has 68 valence electrons. The summed E-state index contributed by atoms with van der Waals surface area (Å²) in [7, 11) is 0. The van der Waals surface area contributed by atoms with Crippen molar-refractivity contribution in [2.75, 3.05) is 0 Å². The Balaban J connectivity index is 2.86. The summed E-state index contributed by atoms with van der Waals surface area (Å²) in [6.45, 7) is 5.85. The van der Waals surface area contributed by atoms with Crippen LogP contribution in [0.5, 0.6) is 0 Å². The van der Waals surface area contributed by atoms with E-state index in [0.29, 0.717) is 0 Å². The van der Waals surface area contributed by atoms with Gasteiger partial charge in [0.1, 0.15) is 5.82 Å². The van der Waals surface area contributed by atoms with Gasteiger partial charge < -0.3 is 9.67 Å². The predicted octanol–water partition coefficient (Wildman–Crippen LogP) is 1.39. The number of aliphatic hydroxyl groups is 1. The molecule has 1 N–H and O–H groups in total. The summed E-state index contributed by atoms with van der Waals surface area (Å²) in [6, 6.07) is 0.113. The standard InChI is InChI=1S/C9H16N2O/c1-4-9-10-5-6-11(9)7(2)8(3)12/h5-8,12H,4H2,1-3H3. The van der Waals surface area contributed by atoms with Crippen LogP contribution in [0.3, 0.4) is 0 Å². The lowest BCUT2D eigenvalue weighted by Gasteiger charge is -2.18. The van der Waals surface area contributed by atoms with Crippen LogP contribution in [0.1, 0.15) is 32.6 Å². The number of hydrogen-bond donors (Lipinski definition) is 1. The van der Waals surface area contributed by atoms with Gasteiger partial charge in [-0.15, -0.1) is 0 Å². The summed E-state index contributed by atoms with van der Waals surface area (Å²) in [5.74, 6) is 1.03. The Morgan fingerprint density at radius 2 is 2.25 bits per heavy atom. The van der Waals surface area contributed by atoms with Gasteiger partial charge in [0.2, 0.25) is 0 Å². The molecule has 0 saturated heterocycles. The minimum atomic E-state index is -0.329. The molecule has 0 saturated carbocycles. The molecule has 0 aromatic carbocycles. The summed E-state index contributed by atoms with van der Waals surface area (Å²) >= 11 is 0. The molecule has 1 rings (SSSR count). The first-order valence-corrected chi connectivity index (χ1v) is 4.36. The number of rotatable bonds is 3. The van der Waals surface area contributed by atoms with E-state index in [9.17, 15) is 5.11 Å². The highest BCUT2D eigenvalue weighted by atomic mass is 16.3. The van der Waals surface area contributed by atoms with E-state index in [1.165, 1.54) is 0 Å². The molecule has 1 heterocycles. The summed E-state index contributed by atoms with van der Waals surface area (Å²) in [5.41, 5.74) is 0. The van der Waals surface area contributed by atoms with Crippen molar-refractivity contribution in [1.82, 2.24) is 9.55 Å². The van der Waals surface area contributed by atoms with Gasteiger partial charge >= 0.3 is 0 Å². The fraction of sp³-hybridized carbons (Fsp3) is 0.667. The van der Waals surface area contributed by atoms with Crippen LogP contribution in [0.4, 0.5) is 0 Å². The summed E-state index contributed by atoms with van der Waals surface area (Å²) in [5, 5.41) is 9.36. The van der Waals surface area contributed by atoms with Gasteiger partial charge in [-0.3, -0.25) is 0 Å². The zero-order chi connectivity index (χ0) is 9.14. The van der Waals surface area contributed by atoms with E-state index in [1.807, 2.05) is 17.7 Å². The highest BCUT2D eigenvalue weighted by molar-refractivity contribution is 4.94. The lowest BCUT2D eigenvalue weighted by Crippen LogP contribution is -2.19. The maximum Gasteiger partial charge on any atom is 0.108 e. The predicted molar refractivity (Wildman–Crippen MR) is 48.0 cm³/mol. The van der Waals surface area contributed by atoms with Crippen LogP contribution in [0.15, 0.2) is 12.4 Å². The molecule has 0 aliphatic rings. The van der Waals surface area contributed by atoms with Crippen LogP contribution in [-0.4, -0.2) is 20.8 Å². The van der Waals surface area contributed by atoms with Crippen molar-refractivity contribution in [3.05, 3.63) is 18.2 Å². The Hall–Kier alpha value is -0.830. The van der Waals surface area contributed by atoms with Crippen LogP contribution in [-0.2, 0) is 6.42 Å². The lowest BCUT2D eigenvalue weighted by atomic mass is 10.2. The normalized spacial score (nSPS) is 16.0. The van der Waals surface area contributed by atoms with Gasteiger partial charge in [-0.2, -0.15) is 0 Å². The number of aliphatic hydroxyl groups excluding tert-OH is 1. The SMILES string of the molecule is CCc1nccn1C(C)C(C)O. The minimum absolute atomic E-state index is 0.113. The lowest BCUT2D eigenvalue weighted by molar-refractivity contribution is 0.137. The average molecular weight is 168 g/mol. The van der Waals surface area contributed by atoms with Gasteiger partial charge in [-0.05, 0) is 13.8 Å². The molecule has 0 fully saturated rings. The Labute approximate surface area is 73.1 Å². The third kappa shape index (κ3) is 1.67. The van der Waals surface area contributed by atoms with E-state index < -0.39 is 0 Å². The van der Waals surface area contributed by atoms with Crippen LogP contribution in [0.2, 0.25) is 0 Å². The second-order valence-electron chi connectivity index (χ2n) is 3.09. The molecule has 2 unspecified atom stereocenters. The van der Waals surface area contributed by atoms with Crippen LogP contribution >= 0.6 is 0 Å². The smallest absolute Gasteiger partial charge is 0.108 e. The fourth-order valence-electron chi connectivity index (χ4n) is 1.22. The Kier molecular flexibility index (Phi) is 2.87. The maximum absolute atomic E-state index is 9.36. The zero-order valence-corrected chi connectivity index (χ0v) is 7.86. The molecular formula is C9H16N2O. The summed E-state index contributed by atoms with van der Waals surface area (Å²) in [4.78, 5) is 4.19. The first kappa shape index (κ1) is 9.26. The third-order valence-electron chi connectivity index (χ3n) is 2.20. The molecule has 0 aliphatic carbocycles. The van der Waals surface area contributed by atoms with Crippen molar-refractivity contribution in [3.63, 3.8) is 0 Å². The quantitative estimate of drug-likeness (QED) is 0.740. The molecule has 3 nitrogen and oxygen atoms in total. The largest absolute Gasteiger partial charge is 0.391 e. The Morgan fingerprint density at radius 1 is 1.58 bits per heavy atom. The second kappa shape index (κ2) is 3.72. The van der Waals surface area contributed by atoms with Crippen LogP contribution < -0.4 is 0 Å². The van der Waals surface area contributed by atoms with Crippen molar-refractivity contribution in [2.24, 2.45) is 0 Å². The minimum Gasteiger partial charge on any atom is -0.391 e. The number of imidazole rings is 1. The maximum atomic E-state index is 9.36. The van der Waals surface area contributed by atoms with Crippen LogP contribution in [0.25, 0.3) is 0 Å². The second-order valence-corrected chi connectivity index (χ2v) is 3.09. The third-order valence-corrected chi connectivity index (χ3v) is 2.20. The number of nitrogens with zero attached hydrogens (tertiary/aromatic N) is 2. The highest BCUT2D eigenvalue weighted by Crippen LogP contribution is 2.13.